The molecule has 0 bridgehead atoms. The van der Waals surface area contributed by atoms with Crippen molar-refractivity contribution in [2.75, 3.05) is 10.6 Å². The van der Waals surface area contributed by atoms with Crippen molar-refractivity contribution in [3.63, 3.8) is 0 Å². The molecule has 4 amide bonds. The number of hydrogen-bond acceptors (Lipinski definition) is 7. The Morgan fingerprint density at radius 1 is 0.592 bits per heavy atom. The minimum Gasteiger partial charge on any atom is -0.364 e. The van der Waals surface area contributed by atoms with E-state index in [1.807, 2.05) is 84.2 Å². The summed E-state index contributed by atoms with van der Waals surface area (Å²) in [5.74, 6) is -0.603. The SMILES string of the molecule is O=C1N[C@@H](Cc2cccs2)C(=O)N2C3Nc4ccccc4[C@]3([C@]34C[C@H]5C(=O)N[C@@H](Cc6ccccc6)C(=O)N5[C@H]3Nc3ccccc34)C[C@@H]12. The molecule has 1 unspecified atom stereocenters. The van der Waals surface area contributed by atoms with E-state index in [1.54, 1.807) is 21.1 Å². The van der Waals surface area contributed by atoms with E-state index >= 15 is 0 Å². The van der Waals surface area contributed by atoms with E-state index in [-0.39, 0.29) is 23.6 Å². The number of carbonyl (C=O) groups excluding carboxylic acids is 4. The Morgan fingerprint density at radius 3 is 1.63 bits per heavy atom. The Kier molecular flexibility index (Phi) is 5.99. The van der Waals surface area contributed by atoms with Crippen LogP contribution in [0.5, 0.6) is 0 Å². The second-order valence-electron chi connectivity index (χ2n) is 14.2. The molecule has 8 atom stereocenters. The predicted octanol–water partition coefficient (Wildman–Crippen LogP) is 3.11. The largest absolute Gasteiger partial charge is 0.364 e. The Hall–Kier alpha value is -5.16. The van der Waals surface area contributed by atoms with Crippen LogP contribution in [0.15, 0.2) is 96.4 Å². The fourth-order valence-corrected chi connectivity index (χ4v) is 10.9. The summed E-state index contributed by atoms with van der Waals surface area (Å²) in [6.45, 7) is 0. The number of nitrogens with one attached hydrogen (secondary N) is 4. The molecule has 0 saturated carbocycles. The minimum absolute atomic E-state index is 0.121. The first-order valence-corrected chi connectivity index (χ1v) is 17.8. The minimum atomic E-state index is -0.853. The molecular formula is C38H34N6O4S. The molecule has 0 radical (unpaired) electrons. The van der Waals surface area contributed by atoms with Gasteiger partial charge in [-0.1, -0.05) is 72.8 Å². The molecule has 0 aliphatic carbocycles. The van der Waals surface area contributed by atoms with Crippen LogP contribution < -0.4 is 21.3 Å². The van der Waals surface area contributed by atoms with Gasteiger partial charge in [0.15, 0.2) is 0 Å². The maximum absolute atomic E-state index is 14.6. The van der Waals surface area contributed by atoms with Gasteiger partial charge in [0.2, 0.25) is 23.6 Å². The molecule has 10 nitrogen and oxygen atoms in total. The molecule has 0 spiro atoms. The van der Waals surface area contributed by atoms with Crippen LogP contribution in [0.4, 0.5) is 11.4 Å². The lowest BCUT2D eigenvalue weighted by Crippen LogP contribution is -2.67. The zero-order valence-electron chi connectivity index (χ0n) is 26.5. The zero-order chi connectivity index (χ0) is 33.1. The van der Waals surface area contributed by atoms with E-state index in [0.29, 0.717) is 25.7 Å². The second-order valence-corrected chi connectivity index (χ2v) is 15.2. The summed E-state index contributed by atoms with van der Waals surface area (Å²) in [4.78, 5) is 62.0. The van der Waals surface area contributed by atoms with Crippen LogP contribution in [0.3, 0.4) is 0 Å². The van der Waals surface area contributed by atoms with Crippen molar-refractivity contribution >= 4 is 46.3 Å². The zero-order valence-corrected chi connectivity index (χ0v) is 27.3. The van der Waals surface area contributed by atoms with E-state index in [1.165, 1.54) is 0 Å². The van der Waals surface area contributed by atoms with E-state index < -0.39 is 47.3 Å². The number of fused-ring (bicyclic) bond motifs is 11. The lowest BCUT2D eigenvalue weighted by atomic mass is 9.54. The topological polar surface area (TPSA) is 123 Å². The van der Waals surface area contributed by atoms with Crippen LogP contribution in [0.2, 0.25) is 0 Å². The third kappa shape index (κ3) is 3.71. The third-order valence-corrected chi connectivity index (χ3v) is 12.9. The Bertz CT molecular complexity index is 2060. The Labute approximate surface area is 286 Å². The van der Waals surface area contributed by atoms with Gasteiger partial charge < -0.3 is 31.1 Å². The normalized spacial score (nSPS) is 33.4. The number of para-hydroxylation sites is 2. The predicted molar refractivity (Wildman–Crippen MR) is 184 cm³/mol. The van der Waals surface area contributed by atoms with E-state index in [4.69, 9.17) is 0 Å². The molecule has 11 heteroatoms. The van der Waals surface area contributed by atoms with Crippen molar-refractivity contribution in [3.8, 4) is 0 Å². The van der Waals surface area contributed by atoms with E-state index in [9.17, 15) is 19.2 Å². The number of anilines is 2. The van der Waals surface area contributed by atoms with Gasteiger partial charge in [0, 0.05) is 29.1 Å². The van der Waals surface area contributed by atoms with Crippen LogP contribution in [-0.4, -0.2) is 69.9 Å². The van der Waals surface area contributed by atoms with Crippen molar-refractivity contribution < 1.29 is 19.2 Å². The second kappa shape index (κ2) is 10.2. The molecular weight excluding hydrogens is 637 g/mol. The van der Waals surface area contributed by atoms with Crippen molar-refractivity contribution in [1.82, 2.24) is 20.4 Å². The monoisotopic (exact) mass is 670 g/mol. The first kappa shape index (κ1) is 28.8. The molecule has 10 rings (SSSR count). The number of carbonyl (C=O) groups is 4. The highest BCUT2D eigenvalue weighted by Gasteiger charge is 2.78. The summed E-state index contributed by atoms with van der Waals surface area (Å²) in [5, 5.41) is 15.6. The Balaban J connectivity index is 1.14. The van der Waals surface area contributed by atoms with Crippen LogP contribution in [0.25, 0.3) is 0 Å². The number of amides is 4. The first-order valence-electron chi connectivity index (χ1n) is 16.9. The molecule has 4 N–H and O–H groups in total. The van der Waals surface area contributed by atoms with Gasteiger partial charge in [-0.15, -0.1) is 11.3 Å². The van der Waals surface area contributed by atoms with E-state index in [0.717, 1.165) is 32.9 Å². The smallest absolute Gasteiger partial charge is 0.247 e. The molecule has 246 valence electrons. The highest BCUT2D eigenvalue weighted by atomic mass is 32.1. The summed E-state index contributed by atoms with van der Waals surface area (Å²) >= 11 is 1.57. The average molecular weight is 671 g/mol. The molecule has 4 fully saturated rings. The number of hydrogen-bond donors (Lipinski definition) is 4. The first-order chi connectivity index (χ1) is 23.9. The van der Waals surface area contributed by atoms with Gasteiger partial charge in [-0.05, 0) is 53.1 Å². The maximum atomic E-state index is 14.6. The quantitative estimate of drug-likeness (QED) is 0.259. The van der Waals surface area contributed by atoms with Crippen molar-refractivity contribution in [3.05, 3.63) is 118 Å². The van der Waals surface area contributed by atoms with Gasteiger partial charge in [-0.25, -0.2) is 0 Å². The van der Waals surface area contributed by atoms with Crippen molar-refractivity contribution in [2.45, 2.75) is 73.0 Å². The number of nitrogens with zero attached hydrogens (tertiary/aromatic N) is 2. The van der Waals surface area contributed by atoms with Crippen LogP contribution >= 0.6 is 11.3 Å². The van der Waals surface area contributed by atoms with E-state index in [2.05, 4.69) is 33.4 Å². The average Bonchev–Trinajstić information content (AvgIpc) is 3.92. The number of benzene rings is 3. The molecule has 3 aromatic carbocycles. The molecule has 4 aromatic rings. The maximum Gasteiger partial charge on any atom is 0.247 e. The summed E-state index contributed by atoms with van der Waals surface area (Å²) in [7, 11) is 0. The summed E-state index contributed by atoms with van der Waals surface area (Å²) in [5.41, 5.74) is 3.07. The van der Waals surface area contributed by atoms with Gasteiger partial charge in [-0.3, -0.25) is 19.2 Å². The fourth-order valence-electron chi connectivity index (χ4n) is 10.2. The molecule has 4 saturated heterocycles. The summed E-state index contributed by atoms with van der Waals surface area (Å²) in [6, 6.07) is 27.0. The number of thiophene rings is 1. The highest BCUT2D eigenvalue weighted by molar-refractivity contribution is 7.09. The van der Waals surface area contributed by atoms with Crippen molar-refractivity contribution in [1.29, 1.82) is 0 Å². The fraction of sp³-hybridized carbons (Fsp3) is 0.316. The van der Waals surface area contributed by atoms with Crippen LogP contribution in [-0.2, 0) is 42.8 Å². The lowest BCUT2D eigenvalue weighted by Gasteiger charge is -2.48. The molecule has 6 aliphatic rings. The van der Waals surface area contributed by atoms with Gasteiger partial charge in [-0.2, -0.15) is 0 Å². The van der Waals surface area contributed by atoms with Gasteiger partial charge in [0.05, 0.1) is 10.8 Å². The van der Waals surface area contributed by atoms with Gasteiger partial charge >= 0.3 is 0 Å². The number of rotatable bonds is 5. The standard InChI is InChI=1S/C38H34N6O4S/c45-31-29-19-37(23-12-4-6-14-25(23)41-35(37)43(29)33(47)27(39-31)17-21-9-2-1-3-10-21)38-20-30-32(46)40-28(18-22-11-8-16-49-22)34(48)44(30)36(38)42-26-15-7-5-13-24(26)38/h1-16,27-30,35-36,41-42H,17-20H2,(H,39,45)(H,40,46)/t27-,28-,29-,30-,35+,36?,37-,38+/m0/s1. The van der Waals surface area contributed by atoms with Gasteiger partial charge in [0.25, 0.3) is 0 Å². The Morgan fingerprint density at radius 2 is 1.10 bits per heavy atom. The lowest BCUT2D eigenvalue weighted by molar-refractivity contribution is -0.149. The van der Waals surface area contributed by atoms with Crippen LogP contribution in [0, 0.1) is 0 Å². The summed E-state index contributed by atoms with van der Waals surface area (Å²) < 4.78 is 0. The molecule has 7 heterocycles. The van der Waals surface area contributed by atoms with Crippen molar-refractivity contribution in [2.24, 2.45) is 0 Å². The molecule has 49 heavy (non-hydrogen) atoms. The van der Waals surface area contributed by atoms with Crippen LogP contribution in [0.1, 0.15) is 34.4 Å². The van der Waals surface area contributed by atoms with Gasteiger partial charge in [0.1, 0.15) is 36.5 Å². The third-order valence-electron chi connectivity index (χ3n) is 12.0. The summed E-state index contributed by atoms with van der Waals surface area (Å²) in [6.07, 6.45) is 0.345. The highest BCUT2D eigenvalue weighted by Crippen LogP contribution is 2.68. The number of piperazine rings is 2. The molecule has 6 aliphatic heterocycles. The molecule has 1 aromatic heterocycles.